The predicted octanol–water partition coefficient (Wildman–Crippen LogP) is 6.71. The number of fused-ring (bicyclic) bond motifs is 2. The molecule has 0 saturated carbocycles. The van der Waals surface area contributed by atoms with E-state index in [1.165, 1.54) is 82.4 Å². The van der Waals surface area contributed by atoms with Crippen molar-refractivity contribution in [2.75, 3.05) is 0 Å². The van der Waals surface area contributed by atoms with Crippen LogP contribution in [0.5, 0.6) is 0 Å². The number of aryl methyl sites for hydroxylation is 2. The SMILES string of the molecule is Cc1cc(C)c2c(c1)=[C-]C1=C(C3=CC=CC3)C(C)(C)C=CC=21.[Zr]=[C](c1ccccc1)c1ccccc1. The minimum absolute atomic E-state index is 0.0642. The van der Waals surface area contributed by atoms with E-state index in [9.17, 15) is 0 Å². The molecule has 0 N–H and O–H groups in total. The van der Waals surface area contributed by atoms with Crippen LogP contribution in [0.4, 0.5) is 0 Å². The molecule has 1 heteroatoms. The molecule has 0 amide bonds. The Morgan fingerprint density at radius 2 is 1.53 bits per heavy atom. The average Bonchev–Trinajstić information content (AvgIpc) is 3.52. The molecule has 0 aromatic heterocycles. The van der Waals surface area contributed by atoms with Crippen molar-refractivity contribution in [2.45, 2.75) is 34.1 Å². The number of hydrogen-bond donors (Lipinski definition) is 0. The number of benzene rings is 3. The van der Waals surface area contributed by atoms with E-state index in [2.05, 4.69) is 137 Å². The third kappa shape index (κ3) is 4.87. The molecule has 36 heavy (non-hydrogen) atoms. The van der Waals surface area contributed by atoms with Crippen LogP contribution in [0, 0.1) is 19.3 Å². The Balaban J connectivity index is 0.000000165. The maximum atomic E-state index is 3.72. The molecule has 0 fully saturated rings. The van der Waals surface area contributed by atoms with E-state index in [1.54, 1.807) is 0 Å². The Hall–Kier alpha value is -2.89. The van der Waals surface area contributed by atoms with E-state index in [0.29, 0.717) is 0 Å². The second kappa shape index (κ2) is 10.2. The number of allylic oxidation sites excluding steroid dienone is 8. The molecule has 0 heterocycles. The topological polar surface area (TPSA) is 0 Å². The predicted molar refractivity (Wildman–Crippen MR) is 150 cm³/mol. The van der Waals surface area contributed by atoms with Gasteiger partial charge in [-0.25, -0.2) is 0 Å². The molecule has 0 bridgehead atoms. The van der Waals surface area contributed by atoms with Crippen molar-refractivity contribution in [3.63, 3.8) is 0 Å². The van der Waals surface area contributed by atoms with Gasteiger partial charge in [0.1, 0.15) is 0 Å². The van der Waals surface area contributed by atoms with Gasteiger partial charge in [0.25, 0.3) is 0 Å². The summed E-state index contributed by atoms with van der Waals surface area (Å²) < 4.78 is 1.42. The van der Waals surface area contributed by atoms with Crippen molar-refractivity contribution in [2.24, 2.45) is 5.41 Å². The van der Waals surface area contributed by atoms with Gasteiger partial charge in [0, 0.05) is 0 Å². The summed E-state index contributed by atoms with van der Waals surface area (Å²) in [6.45, 7) is 9.00. The quantitative estimate of drug-likeness (QED) is 0.323. The van der Waals surface area contributed by atoms with Crippen molar-refractivity contribution < 1.29 is 24.2 Å². The van der Waals surface area contributed by atoms with Crippen LogP contribution in [-0.2, 0) is 24.2 Å². The summed E-state index contributed by atoms with van der Waals surface area (Å²) in [4.78, 5) is 0. The van der Waals surface area contributed by atoms with Crippen LogP contribution in [0.25, 0.3) is 11.6 Å². The average molecular weight is 543 g/mol. The third-order valence-electron chi connectivity index (χ3n) is 7.06. The molecule has 3 aromatic rings. The Kier molecular flexibility index (Phi) is 7.05. The molecular weight excluding hydrogens is 512 g/mol. The molecule has 0 atom stereocenters. The zero-order chi connectivity index (χ0) is 25.3. The van der Waals surface area contributed by atoms with Crippen LogP contribution in [0.3, 0.4) is 0 Å². The Bertz CT molecular complexity index is 1530. The van der Waals surface area contributed by atoms with Crippen molar-refractivity contribution in [3.05, 3.63) is 153 Å². The monoisotopic (exact) mass is 541 g/mol. The molecule has 0 radical (unpaired) electrons. The molecule has 3 aliphatic rings. The maximum absolute atomic E-state index is 3.72. The van der Waals surface area contributed by atoms with Gasteiger partial charge in [-0.15, -0.1) is 33.7 Å². The van der Waals surface area contributed by atoms with Gasteiger partial charge in [0.2, 0.25) is 0 Å². The van der Waals surface area contributed by atoms with Gasteiger partial charge in [0.15, 0.2) is 0 Å². The Labute approximate surface area is 230 Å². The molecular formula is C35H31Zr-. The first-order chi connectivity index (χ1) is 17.3. The van der Waals surface area contributed by atoms with E-state index < -0.39 is 0 Å². The molecule has 6 rings (SSSR count). The van der Waals surface area contributed by atoms with E-state index in [1.807, 2.05) is 0 Å². The van der Waals surface area contributed by atoms with Crippen LogP contribution in [-0.4, -0.2) is 3.21 Å². The Morgan fingerprint density at radius 1 is 0.889 bits per heavy atom. The fourth-order valence-corrected chi connectivity index (χ4v) is 6.21. The first-order valence-corrected chi connectivity index (χ1v) is 13.8. The standard InChI is InChI=1S/C22H21.C13H10.Zr/c1-14-11-15(2)20-17(12-14)13-19-18(20)9-10-22(3,4)21(19)16-7-5-6-8-16;1-3-7-12(8-4-1)11-13-9-5-2-6-10-13;/h5-7,9-12H,8H2,1-4H3;1-10H;/q-1;;. The van der Waals surface area contributed by atoms with Gasteiger partial charge >= 0.3 is 99.2 Å². The first-order valence-electron chi connectivity index (χ1n) is 12.6. The van der Waals surface area contributed by atoms with Crippen molar-refractivity contribution in [1.82, 2.24) is 0 Å². The van der Waals surface area contributed by atoms with E-state index in [4.69, 9.17) is 0 Å². The van der Waals surface area contributed by atoms with E-state index in [0.717, 1.165) is 6.42 Å². The van der Waals surface area contributed by atoms with Crippen LogP contribution >= 0.6 is 0 Å². The summed E-state index contributed by atoms with van der Waals surface area (Å²) in [6, 6.07) is 25.6. The fourth-order valence-electron chi connectivity index (χ4n) is 5.40. The van der Waals surface area contributed by atoms with Gasteiger partial charge in [-0.05, 0) is 25.7 Å². The minimum atomic E-state index is 0.0642. The van der Waals surface area contributed by atoms with Crippen LogP contribution in [0.1, 0.15) is 42.5 Å². The molecule has 176 valence electrons. The van der Waals surface area contributed by atoms with Gasteiger partial charge in [-0.2, -0.15) is 0 Å². The zero-order valence-electron chi connectivity index (χ0n) is 21.5. The normalized spacial score (nSPS) is 16.5. The van der Waals surface area contributed by atoms with Gasteiger partial charge < -0.3 is 0 Å². The number of rotatable bonds is 3. The van der Waals surface area contributed by atoms with Gasteiger partial charge in [-0.3, -0.25) is 0 Å². The number of hydrogen-bond acceptors (Lipinski definition) is 0. The first kappa shape index (κ1) is 24.8. The summed E-state index contributed by atoms with van der Waals surface area (Å²) >= 11 is 1.46. The summed E-state index contributed by atoms with van der Waals surface area (Å²) in [5, 5.41) is 2.63. The molecule has 0 aliphatic heterocycles. The second-order valence-electron chi connectivity index (χ2n) is 10.3. The molecule has 3 aliphatic carbocycles. The van der Waals surface area contributed by atoms with Crippen molar-refractivity contribution >= 4 is 14.9 Å². The van der Waals surface area contributed by atoms with E-state index >= 15 is 0 Å². The molecule has 0 nitrogen and oxygen atoms in total. The molecule has 0 unspecified atom stereocenters. The molecule has 0 saturated heterocycles. The van der Waals surface area contributed by atoms with Gasteiger partial charge in [-0.1, -0.05) is 72.6 Å². The third-order valence-corrected chi connectivity index (χ3v) is 8.48. The van der Waals surface area contributed by atoms with Gasteiger partial charge in [0.05, 0.1) is 0 Å². The molecule has 3 aromatic carbocycles. The Morgan fingerprint density at radius 3 is 2.11 bits per heavy atom. The summed E-state index contributed by atoms with van der Waals surface area (Å²) in [5.74, 6) is 0. The summed E-state index contributed by atoms with van der Waals surface area (Å²) in [5.41, 5.74) is 11.0. The van der Waals surface area contributed by atoms with Crippen molar-refractivity contribution in [1.29, 1.82) is 0 Å². The molecule has 0 spiro atoms. The summed E-state index contributed by atoms with van der Waals surface area (Å²) in [7, 11) is 0. The van der Waals surface area contributed by atoms with E-state index in [-0.39, 0.29) is 5.41 Å². The second-order valence-corrected chi connectivity index (χ2v) is 11.5. The fraction of sp³-hybridized carbons (Fsp3) is 0.171. The van der Waals surface area contributed by atoms with Crippen LogP contribution < -0.4 is 10.4 Å². The van der Waals surface area contributed by atoms with Crippen molar-refractivity contribution in [3.8, 4) is 0 Å². The summed E-state index contributed by atoms with van der Waals surface area (Å²) in [6.07, 6.45) is 16.1. The van der Waals surface area contributed by atoms with Crippen LogP contribution in [0.15, 0.2) is 120 Å². The zero-order valence-corrected chi connectivity index (χ0v) is 24.0. The van der Waals surface area contributed by atoms with Crippen LogP contribution in [0.2, 0.25) is 0 Å².